The van der Waals surface area contributed by atoms with Crippen molar-refractivity contribution in [1.82, 2.24) is 0 Å². The first-order chi connectivity index (χ1) is 12.3. The van der Waals surface area contributed by atoms with Gasteiger partial charge in [-0.05, 0) is 86.3 Å². The Bertz CT molecular complexity index is 475. The van der Waals surface area contributed by atoms with E-state index in [0.717, 1.165) is 42.4 Å². The largest absolute Gasteiger partial charge is 0.494 e. The molecule has 2 aliphatic rings. The molecule has 2 aliphatic carbocycles. The Hall–Kier alpha value is -0.980. The molecule has 0 aromatic heterocycles. The zero-order valence-corrected chi connectivity index (χ0v) is 16.5. The molecule has 0 saturated heterocycles. The normalized spacial score (nSPS) is 30.2. The summed E-state index contributed by atoms with van der Waals surface area (Å²) in [4.78, 5) is 0. The Balaban J connectivity index is 1.44. The maximum absolute atomic E-state index is 5.72. The van der Waals surface area contributed by atoms with E-state index in [0.29, 0.717) is 0 Å². The lowest BCUT2D eigenvalue weighted by Crippen LogP contribution is -2.25. The van der Waals surface area contributed by atoms with Crippen molar-refractivity contribution in [1.29, 1.82) is 0 Å². The second-order valence-corrected chi connectivity index (χ2v) is 8.60. The molecule has 0 aliphatic heterocycles. The van der Waals surface area contributed by atoms with Gasteiger partial charge < -0.3 is 4.74 Å². The number of benzene rings is 1. The minimum atomic E-state index is 0.785. The van der Waals surface area contributed by atoms with Crippen molar-refractivity contribution in [3.8, 4) is 5.75 Å². The molecule has 0 heterocycles. The van der Waals surface area contributed by atoms with Gasteiger partial charge in [-0.15, -0.1) is 0 Å². The number of rotatable bonds is 7. The van der Waals surface area contributed by atoms with Gasteiger partial charge in [0.2, 0.25) is 0 Å². The van der Waals surface area contributed by atoms with E-state index in [1.807, 2.05) is 0 Å². The summed E-state index contributed by atoms with van der Waals surface area (Å²) >= 11 is 0. The molecule has 0 radical (unpaired) electrons. The molecule has 3 rings (SSSR count). The fourth-order valence-electron chi connectivity index (χ4n) is 5.34. The highest BCUT2D eigenvalue weighted by Gasteiger charge is 2.31. The van der Waals surface area contributed by atoms with Gasteiger partial charge in [0.15, 0.2) is 0 Å². The van der Waals surface area contributed by atoms with E-state index < -0.39 is 0 Å². The zero-order valence-electron chi connectivity index (χ0n) is 16.5. The Morgan fingerprint density at radius 3 is 1.92 bits per heavy atom. The number of hydrogen-bond acceptors (Lipinski definition) is 1. The smallest absolute Gasteiger partial charge is 0.119 e. The molecule has 1 aromatic rings. The van der Waals surface area contributed by atoms with E-state index in [1.54, 1.807) is 0 Å². The van der Waals surface area contributed by atoms with Crippen LogP contribution in [0.15, 0.2) is 24.3 Å². The fraction of sp³-hybridized carbons (Fsp3) is 0.750. The van der Waals surface area contributed by atoms with Crippen LogP contribution in [0.4, 0.5) is 0 Å². The molecule has 1 nitrogen and oxygen atoms in total. The zero-order chi connectivity index (χ0) is 17.5. The Morgan fingerprint density at radius 2 is 1.36 bits per heavy atom. The minimum absolute atomic E-state index is 0.785. The third-order valence-electron chi connectivity index (χ3n) is 6.85. The van der Waals surface area contributed by atoms with Gasteiger partial charge in [-0.25, -0.2) is 0 Å². The lowest BCUT2D eigenvalue weighted by Gasteiger charge is -2.38. The van der Waals surface area contributed by atoms with Gasteiger partial charge in [0.05, 0.1) is 6.61 Å². The molecule has 0 bridgehead atoms. The highest BCUT2D eigenvalue weighted by molar-refractivity contribution is 5.29. The maximum Gasteiger partial charge on any atom is 0.119 e. The minimum Gasteiger partial charge on any atom is -0.494 e. The number of ether oxygens (including phenoxy) is 1. The summed E-state index contributed by atoms with van der Waals surface area (Å²) in [6.45, 7) is 5.32. The first-order valence-electron chi connectivity index (χ1n) is 11.0. The van der Waals surface area contributed by atoms with Crippen LogP contribution in [0.1, 0.15) is 96.0 Å². The van der Waals surface area contributed by atoms with E-state index in [-0.39, 0.29) is 0 Å². The van der Waals surface area contributed by atoms with Gasteiger partial charge in [-0.2, -0.15) is 0 Å². The molecule has 1 aromatic carbocycles. The number of hydrogen-bond donors (Lipinski definition) is 0. The van der Waals surface area contributed by atoms with Gasteiger partial charge in [0, 0.05) is 0 Å². The molecule has 25 heavy (non-hydrogen) atoms. The SMILES string of the molecule is CCCOc1ccc([C@H]2CC[C@H]([C@H]3CC[C@H](CCC)CC3)CC2)cc1. The van der Waals surface area contributed by atoms with E-state index in [1.165, 1.54) is 69.8 Å². The molecule has 2 saturated carbocycles. The van der Waals surface area contributed by atoms with Crippen LogP contribution in [0.25, 0.3) is 0 Å². The summed E-state index contributed by atoms with van der Waals surface area (Å²) in [6.07, 6.45) is 15.7. The van der Waals surface area contributed by atoms with E-state index >= 15 is 0 Å². The first kappa shape index (κ1) is 18.8. The molecule has 0 amide bonds. The molecule has 0 N–H and O–H groups in total. The molecule has 2 fully saturated rings. The van der Waals surface area contributed by atoms with Crippen LogP contribution < -0.4 is 4.74 Å². The van der Waals surface area contributed by atoms with Crippen LogP contribution in [-0.4, -0.2) is 6.61 Å². The summed E-state index contributed by atoms with van der Waals surface area (Å²) in [5.41, 5.74) is 1.54. The summed E-state index contributed by atoms with van der Waals surface area (Å²) in [6, 6.07) is 8.97. The highest BCUT2D eigenvalue weighted by atomic mass is 16.5. The lowest BCUT2D eigenvalue weighted by atomic mass is 9.68. The standard InChI is InChI=1S/C24H38O/c1-3-5-19-6-8-20(9-7-19)21-10-12-22(13-11-21)23-14-16-24(17-15-23)25-18-4-2/h14-17,19-22H,3-13,18H2,1-2H3/t19-,20-,21-,22-. The van der Waals surface area contributed by atoms with Crippen molar-refractivity contribution < 1.29 is 4.74 Å². The first-order valence-corrected chi connectivity index (χ1v) is 11.0. The van der Waals surface area contributed by atoms with Crippen molar-refractivity contribution in [2.45, 2.75) is 90.4 Å². The Labute approximate surface area is 155 Å². The van der Waals surface area contributed by atoms with Crippen molar-refractivity contribution >= 4 is 0 Å². The van der Waals surface area contributed by atoms with Crippen LogP contribution in [0.3, 0.4) is 0 Å². The Kier molecular flexibility index (Phi) is 7.25. The third-order valence-corrected chi connectivity index (χ3v) is 6.85. The van der Waals surface area contributed by atoms with Gasteiger partial charge in [0.25, 0.3) is 0 Å². The maximum atomic E-state index is 5.72. The second-order valence-electron chi connectivity index (χ2n) is 8.60. The highest BCUT2D eigenvalue weighted by Crippen LogP contribution is 2.44. The van der Waals surface area contributed by atoms with Crippen molar-refractivity contribution in [3.63, 3.8) is 0 Å². The van der Waals surface area contributed by atoms with Gasteiger partial charge in [0.1, 0.15) is 5.75 Å². The van der Waals surface area contributed by atoms with Crippen LogP contribution in [0, 0.1) is 17.8 Å². The summed E-state index contributed by atoms with van der Waals surface area (Å²) in [5, 5.41) is 0. The van der Waals surface area contributed by atoms with Crippen LogP contribution >= 0.6 is 0 Å². The lowest BCUT2D eigenvalue weighted by molar-refractivity contribution is 0.156. The monoisotopic (exact) mass is 342 g/mol. The molecule has 0 atom stereocenters. The predicted molar refractivity (Wildman–Crippen MR) is 107 cm³/mol. The van der Waals surface area contributed by atoms with Crippen molar-refractivity contribution in [3.05, 3.63) is 29.8 Å². The molecule has 140 valence electrons. The second kappa shape index (κ2) is 9.64. The van der Waals surface area contributed by atoms with Gasteiger partial charge in [-0.1, -0.05) is 51.7 Å². The van der Waals surface area contributed by atoms with Crippen molar-refractivity contribution in [2.24, 2.45) is 17.8 Å². The molecule has 0 spiro atoms. The predicted octanol–water partition coefficient (Wildman–Crippen LogP) is 7.36. The fourth-order valence-corrected chi connectivity index (χ4v) is 5.34. The summed E-state index contributed by atoms with van der Waals surface area (Å²) in [5.74, 6) is 4.92. The average Bonchev–Trinajstić information content (AvgIpc) is 2.68. The van der Waals surface area contributed by atoms with E-state index in [2.05, 4.69) is 38.1 Å². The topological polar surface area (TPSA) is 9.23 Å². The van der Waals surface area contributed by atoms with Crippen LogP contribution in [0.2, 0.25) is 0 Å². The van der Waals surface area contributed by atoms with Crippen LogP contribution in [0.5, 0.6) is 5.75 Å². The summed E-state index contributed by atoms with van der Waals surface area (Å²) < 4.78 is 5.72. The Morgan fingerprint density at radius 1 is 0.760 bits per heavy atom. The van der Waals surface area contributed by atoms with Crippen molar-refractivity contribution in [2.75, 3.05) is 6.61 Å². The summed E-state index contributed by atoms with van der Waals surface area (Å²) in [7, 11) is 0. The molecular weight excluding hydrogens is 304 g/mol. The van der Waals surface area contributed by atoms with E-state index in [4.69, 9.17) is 4.74 Å². The van der Waals surface area contributed by atoms with Gasteiger partial charge >= 0.3 is 0 Å². The third kappa shape index (κ3) is 5.25. The molecule has 0 unspecified atom stereocenters. The van der Waals surface area contributed by atoms with Gasteiger partial charge in [-0.3, -0.25) is 0 Å². The molecule has 1 heteroatoms. The molecular formula is C24H38O. The van der Waals surface area contributed by atoms with Crippen LogP contribution in [-0.2, 0) is 0 Å². The average molecular weight is 343 g/mol. The van der Waals surface area contributed by atoms with E-state index in [9.17, 15) is 0 Å². The quantitative estimate of drug-likeness (QED) is 0.503.